The Kier molecular flexibility index (Phi) is 3.51. The van der Waals surface area contributed by atoms with E-state index in [1.165, 1.54) is 18.2 Å². The summed E-state index contributed by atoms with van der Waals surface area (Å²) in [5.74, 6) is 0. The number of hydrogen-bond acceptors (Lipinski definition) is 2. The largest absolute Gasteiger partial charge is 0.453 e. The molecule has 0 fully saturated rings. The molecule has 0 heterocycles. The number of carbonyl (C=O) groups excluding carboxylic acids is 1. The monoisotopic (exact) mass is 193 g/mol. The summed E-state index contributed by atoms with van der Waals surface area (Å²) < 4.78 is 4.48. The van der Waals surface area contributed by atoms with Crippen molar-refractivity contribution in [3.8, 4) is 0 Å². The van der Waals surface area contributed by atoms with Crippen LogP contribution < -0.4 is 5.32 Å². The lowest BCUT2D eigenvalue weighted by atomic mass is 10.1. The molecule has 1 amide bonds. The van der Waals surface area contributed by atoms with E-state index in [1.54, 1.807) is 0 Å². The molecule has 0 unspecified atom stereocenters. The van der Waals surface area contributed by atoms with E-state index in [4.69, 9.17) is 0 Å². The number of methoxy groups -OCH3 is 1. The van der Waals surface area contributed by atoms with Gasteiger partial charge in [0.25, 0.3) is 0 Å². The number of amides is 1. The zero-order chi connectivity index (χ0) is 10.6. The highest BCUT2D eigenvalue weighted by molar-refractivity contribution is 5.66. The molecule has 0 aliphatic rings. The second-order valence-corrected chi connectivity index (χ2v) is 3.26. The van der Waals surface area contributed by atoms with Gasteiger partial charge in [-0.3, -0.25) is 0 Å². The van der Waals surface area contributed by atoms with Gasteiger partial charge < -0.3 is 10.1 Å². The number of carbonyl (C=O) groups is 1. The van der Waals surface area contributed by atoms with E-state index >= 15 is 0 Å². The van der Waals surface area contributed by atoms with Crippen LogP contribution in [0, 0.1) is 13.8 Å². The molecule has 0 atom stereocenters. The summed E-state index contributed by atoms with van der Waals surface area (Å²) in [6, 6.07) is 6.10. The molecule has 0 saturated heterocycles. The Morgan fingerprint density at radius 1 is 1.36 bits per heavy atom. The van der Waals surface area contributed by atoms with Crippen LogP contribution in [0.2, 0.25) is 0 Å². The number of benzene rings is 1. The zero-order valence-corrected chi connectivity index (χ0v) is 8.76. The van der Waals surface area contributed by atoms with Gasteiger partial charge in [-0.05, 0) is 30.5 Å². The first-order valence-electron chi connectivity index (χ1n) is 4.51. The van der Waals surface area contributed by atoms with E-state index < -0.39 is 6.09 Å². The van der Waals surface area contributed by atoms with Gasteiger partial charge in [0.2, 0.25) is 0 Å². The Morgan fingerprint density at radius 3 is 2.64 bits per heavy atom. The molecule has 0 bridgehead atoms. The van der Waals surface area contributed by atoms with Crippen molar-refractivity contribution in [2.24, 2.45) is 0 Å². The molecule has 0 aliphatic heterocycles. The van der Waals surface area contributed by atoms with E-state index in [9.17, 15) is 4.79 Å². The number of nitrogens with one attached hydrogen (secondary N) is 1. The Hall–Kier alpha value is -1.51. The minimum Gasteiger partial charge on any atom is -0.453 e. The number of alkyl carbamates (subject to hydrolysis) is 1. The Labute approximate surface area is 84.1 Å². The molecule has 0 saturated carbocycles. The molecular weight excluding hydrogens is 178 g/mol. The Balaban J connectivity index is 2.60. The summed E-state index contributed by atoms with van der Waals surface area (Å²) >= 11 is 0. The van der Waals surface area contributed by atoms with Crippen LogP contribution in [0.25, 0.3) is 0 Å². The zero-order valence-electron chi connectivity index (χ0n) is 8.76. The topological polar surface area (TPSA) is 38.3 Å². The average molecular weight is 193 g/mol. The highest BCUT2D eigenvalue weighted by Crippen LogP contribution is 2.09. The summed E-state index contributed by atoms with van der Waals surface area (Å²) in [6.07, 6.45) is -0.400. The van der Waals surface area contributed by atoms with Gasteiger partial charge in [0.15, 0.2) is 0 Å². The lowest BCUT2D eigenvalue weighted by Gasteiger charge is -2.06. The highest BCUT2D eigenvalue weighted by atomic mass is 16.5. The summed E-state index contributed by atoms with van der Waals surface area (Å²) in [5.41, 5.74) is 3.57. The molecule has 3 nitrogen and oxygen atoms in total. The fraction of sp³-hybridized carbons (Fsp3) is 0.364. The lowest BCUT2D eigenvalue weighted by Crippen LogP contribution is -2.22. The van der Waals surface area contributed by atoms with E-state index in [2.05, 4.69) is 30.0 Å². The molecule has 0 radical (unpaired) electrons. The van der Waals surface area contributed by atoms with Gasteiger partial charge in [-0.15, -0.1) is 0 Å². The van der Waals surface area contributed by atoms with Crippen LogP contribution >= 0.6 is 0 Å². The molecular formula is C11H15NO2. The predicted octanol–water partition coefficient (Wildman–Crippen LogP) is 2.16. The van der Waals surface area contributed by atoms with E-state index in [-0.39, 0.29) is 0 Å². The second kappa shape index (κ2) is 4.65. The van der Waals surface area contributed by atoms with Gasteiger partial charge in [0, 0.05) is 6.54 Å². The predicted molar refractivity (Wildman–Crippen MR) is 55.2 cm³/mol. The summed E-state index contributed by atoms with van der Waals surface area (Å²) in [7, 11) is 1.36. The van der Waals surface area contributed by atoms with Crippen molar-refractivity contribution in [2.45, 2.75) is 20.4 Å². The first kappa shape index (κ1) is 10.6. The van der Waals surface area contributed by atoms with Crippen molar-refractivity contribution < 1.29 is 9.53 Å². The molecule has 1 aromatic rings. The van der Waals surface area contributed by atoms with Crippen LogP contribution in [0.5, 0.6) is 0 Å². The van der Waals surface area contributed by atoms with Gasteiger partial charge in [-0.25, -0.2) is 4.79 Å². The third kappa shape index (κ3) is 2.76. The molecule has 0 spiro atoms. The number of ether oxygens (including phenoxy) is 1. The Bertz CT molecular complexity index is 334. The summed E-state index contributed by atoms with van der Waals surface area (Å²) in [5, 5.41) is 2.63. The first-order chi connectivity index (χ1) is 6.63. The third-order valence-electron chi connectivity index (χ3n) is 2.19. The number of rotatable bonds is 2. The van der Waals surface area contributed by atoms with Crippen LogP contribution in [-0.2, 0) is 11.3 Å². The molecule has 14 heavy (non-hydrogen) atoms. The van der Waals surface area contributed by atoms with E-state index in [1.807, 2.05) is 12.1 Å². The fourth-order valence-electron chi connectivity index (χ4n) is 1.16. The molecule has 1 rings (SSSR count). The van der Waals surface area contributed by atoms with Crippen LogP contribution in [0.1, 0.15) is 16.7 Å². The third-order valence-corrected chi connectivity index (χ3v) is 2.19. The molecule has 0 aromatic heterocycles. The maximum Gasteiger partial charge on any atom is 0.407 e. The quantitative estimate of drug-likeness (QED) is 0.781. The van der Waals surface area contributed by atoms with Crippen molar-refractivity contribution >= 4 is 6.09 Å². The highest BCUT2D eigenvalue weighted by Gasteiger charge is 1.99. The van der Waals surface area contributed by atoms with E-state index in [0.717, 1.165) is 5.56 Å². The van der Waals surface area contributed by atoms with Crippen molar-refractivity contribution in [2.75, 3.05) is 7.11 Å². The van der Waals surface area contributed by atoms with Crippen molar-refractivity contribution in [1.82, 2.24) is 5.32 Å². The van der Waals surface area contributed by atoms with E-state index in [0.29, 0.717) is 6.54 Å². The SMILES string of the molecule is COC(=O)NCc1ccc(C)c(C)c1. The van der Waals surface area contributed by atoms with Gasteiger partial charge >= 0.3 is 6.09 Å². The second-order valence-electron chi connectivity index (χ2n) is 3.26. The first-order valence-corrected chi connectivity index (χ1v) is 4.51. The van der Waals surface area contributed by atoms with Crippen LogP contribution in [0.15, 0.2) is 18.2 Å². The fourth-order valence-corrected chi connectivity index (χ4v) is 1.16. The van der Waals surface area contributed by atoms with Crippen LogP contribution in [0.3, 0.4) is 0 Å². The van der Waals surface area contributed by atoms with Gasteiger partial charge in [0.05, 0.1) is 7.11 Å². The number of aryl methyl sites for hydroxylation is 2. The van der Waals surface area contributed by atoms with Crippen molar-refractivity contribution in [3.63, 3.8) is 0 Å². The average Bonchev–Trinajstić information content (AvgIpc) is 2.19. The standard InChI is InChI=1S/C11H15NO2/c1-8-4-5-10(6-9(8)2)7-12-11(13)14-3/h4-6H,7H2,1-3H3,(H,12,13). The summed E-state index contributed by atoms with van der Waals surface area (Å²) in [4.78, 5) is 10.8. The number of hydrogen-bond donors (Lipinski definition) is 1. The minimum absolute atomic E-state index is 0.400. The lowest BCUT2D eigenvalue weighted by molar-refractivity contribution is 0.170. The maximum absolute atomic E-state index is 10.8. The van der Waals surface area contributed by atoms with Crippen molar-refractivity contribution in [1.29, 1.82) is 0 Å². The molecule has 76 valence electrons. The van der Waals surface area contributed by atoms with Gasteiger partial charge in [-0.1, -0.05) is 18.2 Å². The summed E-state index contributed by atoms with van der Waals surface area (Å²) in [6.45, 7) is 4.62. The van der Waals surface area contributed by atoms with Crippen molar-refractivity contribution in [3.05, 3.63) is 34.9 Å². The van der Waals surface area contributed by atoms with Crippen LogP contribution in [-0.4, -0.2) is 13.2 Å². The minimum atomic E-state index is -0.400. The molecule has 0 aliphatic carbocycles. The van der Waals surface area contributed by atoms with Gasteiger partial charge in [-0.2, -0.15) is 0 Å². The van der Waals surface area contributed by atoms with Gasteiger partial charge in [0.1, 0.15) is 0 Å². The molecule has 3 heteroatoms. The smallest absolute Gasteiger partial charge is 0.407 e. The van der Waals surface area contributed by atoms with Crippen LogP contribution in [0.4, 0.5) is 4.79 Å². The molecule has 1 N–H and O–H groups in total. The molecule has 1 aromatic carbocycles. The Morgan fingerprint density at radius 2 is 2.07 bits per heavy atom. The maximum atomic E-state index is 10.8. The normalized spacial score (nSPS) is 9.64.